The highest BCUT2D eigenvalue weighted by atomic mass is 16.5. The smallest absolute Gasteiger partial charge is 0.246 e. The quantitative estimate of drug-likeness (QED) is 0.778. The highest BCUT2D eigenvalue weighted by molar-refractivity contribution is 6.03. The van der Waals surface area contributed by atoms with Crippen LogP contribution in [-0.4, -0.2) is 47.9 Å². The number of rotatable bonds is 7. The second-order valence-electron chi connectivity index (χ2n) is 6.10. The summed E-state index contributed by atoms with van der Waals surface area (Å²) in [6, 6.07) is 4.09. The number of nitrogens with one attached hydrogen (secondary N) is 1. The standard InChI is InChI=1S/C17H24N4O2/c22-16-12-19-15(20-16)5-4-10-23-17-11-14(6-7-18-17)13-21-8-2-1-3-9-21/h6-7,11H,1-5,8-10,12-13H2,(H,19,20,22). The minimum absolute atomic E-state index is 0.0204. The third-order valence-corrected chi connectivity index (χ3v) is 4.16. The molecule has 2 aliphatic rings. The first-order chi connectivity index (χ1) is 11.3. The molecule has 1 N–H and O–H groups in total. The topological polar surface area (TPSA) is 66.8 Å². The maximum Gasteiger partial charge on any atom is 0.246 e. The van der Waals surface area contributed by atoms with Crippen molar-refractivity contribution in [1.29, 1.82) is 0 Å². The van der Waals surface area contributed by atoms with Gasteiger partial charge in [0.05, 0.1) is 6.61 Å². The lowest BCUT2D eigenvalue weighted by Crippen LogP contribution is -2.29. The van der Waals surface area contributed by atoms with Crippen LogP contribution in [0.5, 0.6) is 5.88 Å². The highest BCUT2D eigenvalue weighted by Crippen LogP contribution is 2.15. The van der Waals surface area contributed by atoms with E-state index in [2.05, 4.69) is 26.3 Å². The van der Waals surface area contributed by atoms with Crippen molar-refractivity contribution in [3.05, 3.63) is 23.9 Å². The molecule has 1 amide bonds. The second-order valence-corrected chi connectivity index (χ2v) is 6.10. The molecule has 1 saturated heterocycles. The van der Waals surface area contributed by atoms with Crippen LogP contribution in [0.1, 0.15) is 37.7 Å². The predicted octanol–water partition coefficient (Wildman–Crippen LogP) is 1.75. The van der Waals surface area contributed by atoms with Gasteiger partial charge in [0, 0.05) is 25.2 Å². The number of aliphatic imine (C=N–C) groups is 1. The molecular formula is C17H24N4O2. The minimum atomic E-state index is -0.0204. The summed E-state index contributed by atoms with van der Waals surface area (Å²) >= 11 is 0. The number of aromatic nitrogens is 1. The molecule has 23 heavy (non-hydrogen) atoms. The summed E-state index contributed by atoms with van der Waals surface area (Å²) < 4.78 is 5.73. The highest BCUT2D eigenvalue weighted by Gasteiger charge is 2.13. The van der Waals surface area contributed by atoms with Crippen molar-refractivity contribution < 1.29 is 9.53 Å². The number of carbonyl (C=O) groups is 1. The van der Waals surface area contributed by atoms with E-state index in [4.69, 9.17) is 4.74 Å². The molecule has 0 aromatic carbocycles. The average molecular weight is 316 g/mol. The van der Waals surface area contributed by atoms with Crippen LogP contribution in [-0.2, 0) is 11.3 Å². The summed E-state index contributed by atoms with van der Waals surface area (Å²) in [4.78, 5) is 21.9. The Morgan fingerprint density at radius 2 is 2.13 bits per heavy atom. The molecule has 3 rings (SSSR count). The van der Waals surface area contributed by atoms with Gasteiger partial charge in [-0.05, 0) is 44.0 Å². The molecule has 2 aliphatic heterocycles. The first-order valence-corrected chi connectivity index (χ1v) is 8.43. The van der Waals surface area contributed by atoms with Crippen molar-refractivity contribution >= 4 is 11.7 Å². The molecule has 0 spiro atoms. The summed E-state index contributed by atoms with van der Waals surface area (Å²) in [5, 5.41) is 2.74. The van der Waals surface area contributed by atoms with Crippen LogP contribution >= 0.6 is 0 Å². The van der Waals surface area contributed by atoms with Gasteiger partial charge in [0.1, 0.15) is 12.4 Å². The maximum absolute atomic E-state index is 11.0. The van der Waals surface area contributed by atoms with E-state index in [1.54, 1.807) is 0 Å². The zero-order valence-electron chi connectivity index (χ0n) is 13.5. The summed E-state index contributed by atoms with van der Waals surface area (Å²) in [5.74, 6) is 1.43. The Balaban J connectivity index is 1.41. The Morgan fingerprint density at radius 3 is 2.91 bits per heavy atom. The van der Waals surface area contributed by atoms with Gasteiger partial charge in [0.2, 0.25) is 11.8 Å². The van der Waals surface area contributed by atoms with Crippen molar-refractivity contribution in [1.82, 2.24) is 15.2 Å². The Morgan fingerprint density at radius 1 is 1.26 bits per heavy atom. The van der Waals surface area contributed by atoms with E-state index in [0.29, 0.717) is 12.5 Å². The van der Waals surface area contributed by atoms with Gasteiger partial charge in [0.25, 0.3) is 0 Å². The number of piperidine rings is 1. The lowest BCUT2D eigenvalue weighted by molar-refractivity contribution is -0.117. The maximum atomic E-state index is 11.0. The van der Waals surface area contributed by atoms with E-state index in [-0.39, 0.29) is 12.5 Å². The summed E-state index contributed by atoms with van der Waals surface area (Å²) in [5.41, 5.74) is 1.25. The monoisotopic (exact) mass is 316 g/mol. The van der Waals surface area contributed by atoms with E-state index in [1.807, 2.05) is 12.3 Å². The fourth-order valence-electron chi connectivity index (χ4n) is 2.97. The fourth-order valence-corrected chi connectivity index (χ4v) is 2.97. The number of pyridine rings is 1. The van der Waals surface area contributed by atoms with Gasteiger partial charge >= 0.3 is 0 Å². The molecule has 0 atom stereocenters. The van der Waals surface area contributed by atoms with Gasteiger partial charge in [-0.2, -0.15) is 0 Å². The molecule has 0 saturated carbocycles. The minimum Gasteiger partial charge on any atom is -0.478 e. The molecule has 1 fully saturated rings. The zero-order valence-corrected chi connectivity index (χ0v) is 13.5. The summed E-state index contributed by atoms with van der Waals surface area (Å²) in [7, 11) is 0. The molecule has 0 unspecified atom stereocenters. The Bertz CT molecular complexity index is 567. The molecule has 0 bridgehead atoms. The van der Waals surface area contributed by atoms with Crippen LogP contribution in [0.4, 0.5) is 0 Å². The van der Waals surface area contributed by atoms with Crippen molar-refractivity contribution in [3.63, 3.8) is 0 Å². The molecule has 1 aromatic heterocycles. The molecule has 124 valence electrons. The molecule has 0 radical (unpaired) electrons. The first kappa shape index (κ1) is 15.9. The van der Waals surface area contributed by atoms with E-state index in [1.165, 1.54) is 37.9 Å². The molecule has 6 heteroatoms. The number of carbonyl (C=O) groups excluding carboxylic acids is 1. The van der Waals surface area contributed by atoms with Gasteiger partial charge in [-0.15, -0.1) is 0 Å². The summed E-state index contributed by atoms with van der Waals surface area (Å²) in [6.07, 6.45) is 7.32. The first-order valence-electron chi connectivity index (χ1n) is 8.43. The van der Waals surface area contributed by atoms with E-state index >= 15 is 0 Å². The number of amides is 1. The lowest BCUT2D eigenvalue weighted by atomic mass is 10.1. The molecular weight excluding hydrogens is 292 g/mol. The van der Waals surface area contributed by atoms with Crippen LogP contribution in [0.15, 0.2) is 23.3 Å². The average Bonchev–Trinajstić information content (AvgIpc) is 2.98. The number of hydrogen-bond acceptors (Lipinski definition) is 5. The van der Waals surface area contributed by atoms with E-state index in [0.717, 1.165) is 25.2 Å². The second kappa shape index (κ2) is 8.06. The number of nitrogens with zero attached hydrogens (tertiary/aromatic N) is 3. The van der Waals surface area contributed by atoms with E-state index < -0.39 is 0 Å². The van der Waals surface area contributed by atoms with Gasteiger partial charge in [-0.1, -0.05) is 6.42 Å². The van der Waals surface area contributed by atoms with Gasteiger partial charge in [0.15, 0.2) is 0 Å². The SMILES string of the molecule is O=C1CN=C(CCCOc2cc(CN3CCCCC3)ccn2)N1. The number of hydrogen-bond donors (Lipinski definition) is 1. The molecule has 0 aliphatic carbocycles. The normalized spacial score (nSPS) is 18.6. The number of amidine groups is 1. The predicted molar refractivity (Wildman–Crippen MR) is 88.5 cm³/mol. The third kappa shape index (κ3) is 5.03. The number of likely N-dealkylation sites (tertiary alicyclic amines) is 1. The molecule has 3 heterocycles. The van der Waals surface area contributed by atoms with Crippen molar-refractivity contribution in [2.45, 2.75) is 38.6 Å². The summed E-state index contributed by atoms with van der Waals surface area (Å²) in [6.45, 7) is 4.19. The zero-order chi connectivity index (χ0) is 15.9. The van der Waals surface area contributed by atoms with Crippen LogP contribution < -0.4 is 10.1 Å². The largest absolute Gasteiger partial charge is 0.478 e. The van der Waals surface area contributed by atoms with Crippen LogP contribution in [0.2, 0.25) is 0 Å². The van der Waals surface area contributed by atoms with Crippen LogP contribution in [0.3, 0.4) is 0 Å². The number of ether oxygens (including phenoxy) is 1. The van der Waals surface area contributed by atoms with Crippen LogP contribution in [0.25, 0.3) is 0 Å². The Hall–Kier alpha value is -1.95. The molecule has 1 aromatic rings. The van der Waals surface area contributed by atoms with Crippen molar-refractivity contribution in [3.8, 4) is 5.88 Å². The van der Waals surface area contributed by atoms with Crippen LogP contribution in [0, 0.1) is 0 Å². The lowest BCUT2D eigenvalue weighted by Gasteiger charge is -2.26. The fraction of sp³-hybridized carbons (Fsp3) is 0.588. The Kier molecular flexibility index (Phi) is 5.58. The van der Waals surface area contributed by atoms with Gasteiger partial charge in [-0.25, -0.2) is 4.98 Å². The molecule has 6 nitrogen and oxygen atoms in total. The van der Waals surface area contributed by atoms with Gasteiger partial charge in [-0.3, -0.25) is 14.7 Å². The van der Waals surface area contributed by atoms with E-state index in [9.17, 15) is 4.79 Å². The van der Waals surface area contributed by atoms with Crippen molar-refractivity contribution in [2.24, 2.45) is 4.99 Å². The van der Waals surface area contributed by atoms with Crippen molar-refractivity contribution in [2.75, 3.05) is 26.2 Å². The Labute approximate surface area is 136 Å². The van der Waals surface area contributed by atoms with Gasteiger partial charge < -0.3 is 10.1 Å². The third-order valence-electron chi connectivity index (χ3n) is 4.16.